The van der Waals surface area contributed by atoms with Crippen LogP contribution in [-0.2, 0) is 4.79 Å². The molecular weight excluding hydrogens is 328 g/mol. The molecule has 26 heavy (non-hydrogen) atoms. The number of hydrogen-bond acceptors (Lipinski definition) is 5. The van der Waals surface area contributed by atoms with Crippen LogP contribution in [0.3, 0.4) is 0 Å². The van der Waals surface area contributed by atoms with Gasteiger partial charge in [-0.1, -0.05) is 24.1 Å². The van der Waals surface area contributed by atoms with Crippen LogP contribution in [0.2, 0.25) is 0 Å². The van der Waals surface area contributed by atoms with Gasteiger partial charge in [-0.2, -0.15) is 5.26 Å². The summed E-state index contributed by atoms with van der Waals surface area (Å²) >= 11 is 0. The zero-order valence-electron chi connectivity index (χ0n) is 14.4. The summed E-state index contributed by atoms with van der Waals surface area (Å²) in [5.74, 6) is 3.47. The summed E-state index contributed by atoms with van der Waals surface area (Å²) < 4.78 is 10.7. The fourth-order valence-corrected chi connectivity index (χ4v) is 2.29. The summed E-state index contributed by atoms with van der Waals surface area (Å²) in [4.78, 5) is 11.4. The Labute approximate surface area is 152 Å². The van der Waals surface area contributed by atoms with Gasteiger partial charge in [-0.3, -0.25) is 4.79 Å². The van der Waals surface area contributed by atoms with Gasteiger partial charge in [0, 0.05) is 12.1 Å². The molecule has 2 rings (SSSR count). The molecule has 5 heteroatoms. The van der Waals surface area contributed by atoms with Crippen molar-refractivity contribution in [1.82, 2.24) is 0 Å². The highest BCUT2D eigenvalue weighted by Gasteiger charge is 2.06. The van der Waals surface area contributed by atoms with E-state index >= 15 is 0 Å². The van der Waals surface area contributed by atoms with Gasteiger partial charge in [-0.25, -0.2) is 0 Å². The summed E-state index contributed by atoms with van der Waals surface area (Å²) in [5.41, 5.74) is 2.51. The molecule has 0 radical (unpaired) electrons. The standard InChI is InChI=1S/C21H18N2O3/c1-3-10-26-20-9-8-16(12-21(20)25-2)11-17(15-24)14-23-19-7-5-4-6-18(19)13-22/h1,4-9,11-12,15,23H,10,14H2,2H3/b17-11-. The molecule has 0 bridgehead atoms. The average molecular weight is 346 g/mol. The molecule has 130 valence electrons. The van der Waals surface area contributed by atoms with Crippen molar-refractivity contribution in [3.05, 3.63) is 59.2 Å². The molecule has 0 aliphatic heterocycles. The Balaban J connectivity index is 2.16. The largest absolute Gasteiger partial charge is 0.493 e. The van der Waals surface area contributed by atoms with Crippen LogP contribution in [0.5, 0.6) is 11.5 Å². The zero-order chi connectivity index (χ0) is 18.8. The number of methoxy groups -OCH3 is 1. The van der Waals surface area contributed by atoms with E-state index in [2.05, 4.69) is 17.3 Å². The first-order chi connectivity index (χ1) is 12.7. The quantitative estimate of drug-likeness (QED) is 0.451. The highest BCUT2D eigenvalue weighted by atomic mass is 16.5. The van der Waals surface area contributed by atoms with E-state index in [9.17, 15) is 4.79 Å². The Hall–Kier alpha value is -3.70. The SMILES string of the molecule is C#CCOc1ccc(/C=C(\C=O)CNc2ccccc2C#N)cc1OC. The number of rotatable bonds is 8. The minimum Gasteiger partial charge on any atom is -0.493 e. The van der Waals surface area contributed by atoms with E-state index < -0.39 is 0 Å². The normalized spacial score (nSPS) is 10.3. The number of benzene rings is 2. The van der Waals surface area contributed by atoms with Crippen molar-refractivity contribution in [2.75, 3.05) is 25.6 Å². The Morgan fingerprint density at radius 1 is 1.27 bits per heavy atom. The number of nitrogens with zero attached hydrogens (tertiary/aromatic N) is 1. The first-order valence-electron chi connectivity index (χ1n) is 7.85. The molecule has 0 aromatic heterocycles. The van der Waals surface area contributed by atoms with Gasteiger partial charge < -0.3 is 14.8 Å². The maximum Gasteiger partial charge on any atom is 0.162 e. The number of nitriles is 1. The van der Waals surface area contributed by atoms with Crippen LogP contribution in [0.25, 0.3) is 6.08 Å². The van der Waals surface area contributed by atoms with E-state index in [1.165, 1.54) is 7.11 Å². The number of carbonyl (C=O) groups is 1. The molecule has 0 unspecified atom stereocenters. The zero-order valence-corrected chi connectivity index (χ0v) is 14.4. The van der Waals surface area contributed by atoms with E-state index in [1.54, 1.807) is 42.5 Å². The number of hydrogen-bond donors (Lipinski definition) is 1. The Morgan fingerprint density at radius 3 is 2.77 bits per heavy atom. The Bertz CT molecular complexity index is 889. The summed E-state index contributed by atoms with van der Waals surface area (Å²) in [5, 5.41) is 12.2. The third-order valence-electron chi connectivity index (χ3n) is 3.53. The number of terminal acetylenes is 1. The molecule has 1 N–H and O–H groups in total. The van der Waals surface area contributed by atoms with Gasteiger partial charge in [-0.05, 0) is 35.9 Å². The molecule has 0 aliphatic rings. The van der Waals surface area contributed by atoms with E-state index in [4.69, 9.17) is 21.2 Å². The van der Waals surface area contributed by atoms with Gasteiger partial charge in [0.15, 0.2) is 11.5 Å². The molecule has 0 saturated carbocycles. The smallest absolute Gasteiger partial charge is 0.162 e. The molecule has 2 aromatic rings. The first kappa shape index (κ1) is 18.6. The molecule has 0 spiro atoms. The van der Waals surface area contributed by atoms with Gasteiger partial charge >= 0.3 is 0 Å². The highest BCUT2D eigenvalue weighted by molar-refractivity contribution is 5.83. The lowest BCUT2D eigenvalue weighted by atomic mass is 10.1. The maximum atomic E-state index is 11.4. The third-order valence-corrected chi connectivity index (χ3v) is 3.53. The van der Waals surface area contributed by atoms with Gasteiger partial charge in [0.1, 0.15) is 19.0 Å². The van der Waals surface area contributed by atoms with Crippen molar-refractivity contribution in [3.8, 4) is 29.9 Å². The molecule has 0 saturated heterocycles. The van der Waals surface area contributed by atoms with Gasteiger partial charge in [-0.15, -0.1) is 6.42 Å². The summed E-state index contributed by atoms with van der Waals surface area (Å²) in [6.45, 7) is 0.438. The summed E-state index contributed by atoms with van der Waals surface area (Å²) in [6, 6.07) is 14.5. The molecule has 0 amide bonds. The van der Waals surface area contributed by atoms with Crippen molar-refractivity contribution in [1.29, 1.82) is 5.26 Å². The lowest BCUT2D eigenvalue weighted by molar-refractivity contribution is -0.104. The van der Waals surface area contributed by atoms with Crippen LogP contribution >= 0.6 is 0 Å². The molecule has 5 nitrogen and oxygen atoms in total. The average Bonchev–Trinajstić information content (AvgIpc) is 2.69. The lowest BCUT2D eigenvalue weighted by Gasteiger charge is -2.10. The van der Waals surface area contributed by atoms with Crippen molar-refractivity contribution in [2.45, 2.75) is 0 Å². The second kappa shape index (κ2) is 9.56. The molecule has 0 aliphatic carbocycles. The van der Waals surface area contributed by atoms with Crippen LogP contribution in [0.15, 0.2) is 48.0 Å². The number of nitrogens with one attached hydrogen (secondary N) is 1. The number of ether oxygens (including phenoxy) is 2. The van der Waals surface area contributed by atoms with Crippen LogP contribution in [0.1, 0.15) is 11.1 Å². The predicted molar refractivity (Wildman–Crippen MR) is 101 cm³/mol. The molecule has 0 fully saturated rings. The third kappa shape index (κ3) is 4.90. The summed E-state index contributed by atoms with van der Waals surface area (Å²) in [7, 11) is 1.53. The van der Waals surface area contributed by atoms with Crippen molar-refractivity contribution >= 4 is 18.0 Å². The van der Waals surface area contributed by atoms with Crippen molar-refractivity contribution in [2.24, 2.45) is 0 Å². The fraction of sp³-hybridized carbons (Fsp3) is 0.143. The van der Waals surface area contributed by atoms with Gasteiger partial charge in [0.05, 0.1) is 18.4 Å². The maximum absolute atomic E-state index is 11.4. The second-order valence-corrected chi connectivity index (χ2v) is 5.25. The first-order valence-corrected chi connectivity index (χ1v) is 7.85. The van der Waals surface area contributed by atoms with E-state index in [0.717, 1.165) is 11.8 Å². The molecular formula is C21H18N2O3. The minimum absolute atomic E-state index is 0.146. The van der Waals surface area contributed by atoms with Crippen molar-refractivity contribution < 1.29 is 14.3 Å². The van der Waals surface area contributed by atoms with Crippen LogP contribution < -0.4 is 14.8 Å². The lowest BCUT2D eigenvalue weighted by Crippen LogP contribution is -2.07. The Morgan fingerprint density at radius 2 is 2.08 bits per heavy atom. The van der Waals surface area contributed by atoms with E-state index in [-0.39, 0.29) is 6.61 Å². The monoisotopic (exact) mass is 346 g/mol. The van der Waals surface area contributed by atoms with E-state index in [0.29, 0.717) is 34.9 Å². The van der Waals surface area contributed by atoms with Crippen LogP contribution in [0.4, 0.5) is 5.69 Å². The second-order valence-electron chi connectivity index (χ2n) is 5.25. The van der Waals surface area contributed by atoms with Gasteiger partial charge in [0.25, 0.3) is 0 Å². The fourth-order valence-electron chi connectivity index (χ4n) is 2.29. The Kier molecular flexibility index (Phi) is 6.85. The van der Waals surface area contributed by atoms with Crippen molar-refractivity contribution in [3.63, 3.8) is 0 Å². The van der Waals surface area contributed by atoms with Crippen LogP contribution in [0, 0.1) is 23.7 Å². The number of carbonyl (C=O) groups excluding carboxylic acids is 1. The summed E-state index contributed by atoms with van der Waals surface area (Å²) in [6.07, 6.45) is 7.71. The number of anilines is 1. The molecule has 0 atom stereocenters. The molecule has 2 aromatic carbocycles. The molecule has 0 heterocycles. The van der Waals surface area contributed by atoms with E-state index in [1.807, 2.05) is 6.07 Å². The topological polar surface area (TPSA) is 71.3 Å². The predicted octanol–water partition coefficient (Wildman–Crippen LogP) is 3.27. The highest BCUT2D eigenvalue weighted by Crippen LogP contribution is 2.28. The number of para-hydroxylation sites is 1. The van der Waals surface area contributed by atoms with Crippen LogP contribution in [-0.4, -0.2) is 26.5 Å². The number of aldehydes is 1. The van der Waals surface area contributed by atoms with Gasteiger partial charge in [0.2, 0.25) is 0 Å². The minimum atomic E-state index is 0.146.